The van der Waals surface area contributed by atoms with Crippen LogP contribution < -0.4 is 30.7 Å². The van der Waals surface area contributed by atoms with Crippen LogP contribution in [0.5, 0.6) is 11.5 Å². The highest BCUT2D eigenvalue weighted by atomic mass is 35.5. The van der Waals surface area contributed by atoms with Crippen LogP contribution in [0.2, 0.25) is 10.0 Å². The number of nitrogens with one attached hydrogen (secondary N) is 4. The quantitative estimate of drug-likeness (QED) is 0.00831. The van der Waals surface area contributed by atoms with Crippen LogP contribution in [0.1, 0.15) is 154 Å². The molecule has 30 heteroatoms. The van der Waals surface area contributed by atoms with E-state index in [0.29, 0.717) is 78.2 Å². The van der Waals surface area contributed by atoms with Crippen molar-refractivity contribution in [3.8, 4) is 11.5 Å². The van der Waals surface area contributed by atoms with Crippen molar-refractivity contribution in [2.75, 3.05) is 107 Å². The van der Waals surface area contributed by atoms with Crippen LogP contribution >= 0.6 is 56.4 Å². The van der Waals surface area contributed by atoms with Crippen molar-refractivity contribution in [1.29, 1.82) is 0 Å². The van der Waals surface area contributed by atoms with E-state index < -0.39 is 94.8 Å². The molecule has 0 unspecified atom stereocenters. The van der Waals surface area contributed by atoms with Gasteiger partial charge in [-0.05, 0) is 156 Å². The lowest BCUT2D eigenvalue weighted by molar-refractivity contribution is -0.179. The molecule has 0 saturated carbocycles. The maximum absolute atomic E-state index is 13.9. The van der Waals surface area contributed by atoms with Gasteiger partial charge in [0.1, 0.15) is 48.0 Å². The second kappa shape index (κ2) is 48.2. The van der Waals surface area contributed by atoms with E-state index in [0.717, 1.165) is 48.4 Å². The highest BCUT2D eigenvalue weighted by Crippen LogP contribution is 2.47. The zero-order valence-corrected chi connectivity index (χ0v) is 75.9. The maximum Gasteiger partial charge on any atom is 0.347 e. The van der Waals surface area contributed by atoms with E-state index in [1.807, 2.05) is 76.6 Å². The summed E-state index contributed by atoms with van der Waals surface area (Å²) in [6.45, 7) is 29.1. The number of carbonyl (C=O) groups excluding carboxylic acids is 8. The van der Waals surface area contributed by atoms with Gasteiger partial charge in [-0.1, -0.05) is 159 Å². The van der Waals surface area contributed by atoms with E-state index in [9.17, 15) is 38.4 Å². The monoisotopic (exact) mass is 1750 g/mol. The Labute approximate surface area is 726 Å². The largest absolute Gasteiger partial charge is 0.495 e. The number of cyclic esters (lactones) is 4. The van der Waals surface area contributed by atoms with Crippen LogP contribution in [0.4, 0.5) is 0 Å². The molecule has 4 aromatic carbocycles. The third kappa shape index (κ3) is 33.0. The third-order valence-corrected chi connectivity index (χ3v) is 24.2. The topological polar surface area (TPSA) is 299 Å². The molecule has 12 atom stereocenters. The number of halogens is 3. The molecule has 4 heterocycles. The first-order chi connectivity index (χ1) is 56.4. The number of likely N-dealkylation sites (N-methyl/N-ethyl adjacent to an activating group) is 2. The number of nitrogens with zero attached hydrogens (tertiary/aromatic N) is 2. The molecule has 658 valence electrons. The number of alkyl halides is 1. The Morgan fingerprint density at radius 2 is 0.924 bits per heavy atom. The molecule has 2 fully saturated rings. The molecule has 4 N–H and O–H groups in total. The number of esters is 4. The van der Waals surface area contributed by atoms with Gasteiger partial charge in [-0.15, -0.1) is 11.6 Å². The van der Waals surface area contributed by atoms with E-state index in [-0.39, 0.29) is 104 Å². The number of epoxide rings is 2. The summed E-state index contributed by atoms with van der Waals surface area (Å²) in [5.41, 5.74) is 3.07. The molecule has 0 radical (unpaired) electrons. The molecule has 119 heavy (non-hydrogen) atoms. The summed E-state index contributed by atoms with van der Waals surface area (Å²) in [6, 6.07) is 24.4. The number of amides is 4. The summed E-state index contributed by atoms with van der Waals surface area (Å²) in [5.74, 6) is -3.93. The van der Waals surface area contributed by atoms with E-state index in [1.54, 1.807) is 87.0 Å². The first kappa shape index (κ1) is 99.1. The first-order valence-electron chi connectivity index (χ1n) is 40.8. The van der Waals surface area contributed by atoms with Gasteiger partial charge in [0.05, 0.1) is 86.9 Å². The van der Waals surface area contributed by atoms with Crippen molar-refractivity contribution >= 4 is 104 Å². The zero-order valence-electron chi connectivity index (χ0n) is 72.0. The predicted octanol–water partition coefficient (Wildman–Crippen LogP) is 13.2. The molecule has 8 rings (SSSR count). The summed E-state index contributed by atoms with van der Waals surface area (Å²) >= 11 is 18.7. The zero-order chi connectivity index (χ0) is 87.3. The molecule has 0 aliphatic carbocycles. The minimum absolute atomic E-state index is 0.00533. The summed E-state index contributed by atoms with van der Waals surface area (Å²) in [5, 5.41) is 11.9. The van der Waals surface area contributed by atoms with Crippen LogP contribution in [0.25, 0.3) is 0 Å². The summed E-state index contributed by atoms with van der Waals surface area (Å²) in [6.07, 6.45) is 4.34. The number of hydrogen-bond donors (Lipinski definition) is 4. The Morgan fingerprint density at radius 1 is 0.538 bits per heavy atom. The Balaban J connectivity index is 0.000000349. The van der Waals surface area contributed by atoms with Crippen LogP contribution in [0.3, 0.4) is 0 Å². The average Bonchev–Trinajstić information content (AvgIpc) is 1.63. The maximum atomic E-state index is 13.9. The Morgan fingerprint density at radius 3 is 1.30 bits per heavy atom. The van der Waals surface area contributed by atoms with Gasteiger partial charge < -0.3 is 78.3 Å². The number of carbonyl (C=O) groups is 8. The molecular formula is C89H125Cl3N6O19S2. The van der Waals surface area contributed by atoms with Gasteiger partial charge in [0.2, 0.25) is 23.6 Å². The van der Waals surface area contributed by atoms with Gasteiger partial charge in [-0.25, -0.2) is 9.59 Å². The van der Waals surface area contributed by atoms with Crippen molar-refractivity contribution in [3.05, 3.63) is 153 Å². The van der Waals surface area contributed by atoms with Gasteiger partial charge in [-0.2, -0.15) is 0 Å². The van der Waals surface area contributed by atoms with Crippen molar-refractivity contribution in [2.24, 2.45) is 34.5 Å². The fourth-order valence-corrected chi connectivity index (χ4v) is 16.6. The molecule has 4 aromatic rings. The van der Waals surface area contributed by atoms with Crippen LogP contribution in [-0.2, 0) is 106 Å². The lowest BCUT2D eigenvalue weighted by Crippen LogP contribution is -2.51. The van der Waals surface area contributed by atoms with Gasteiger partial charge in [0.15, 0.2) is 12.2 Å². The molecule has 4 aliphatic heterocycles. The lowest BCUT2D eigenvalue weighted by atomic mass is 9.92. The number of methoxy groups -OCH3 is 2. The van der Waals surface area contributed by atoms with E-state index in [2.05, 4.69) is 89.5 Å². The highest BCUT2D eigenvalue weighted by Gasteiger charge is 2.50. The van der Waals surface area contributed by atoms with Crippen molar-refractivity contribution in [2.45, 2.75) is 200 Å². The van der Waals surface area contributed by atoms with E-state index >= 15 is 0 Å². The average molecular weight is 1750 g/mol. The van der Waals surface area contributed by atoms with Crippen LogP contribution in [-0.4, -0.2) is 218 Å². The lowest BCUT2D eigenvalue weighted by Gasteiger charge is -2.29. The Bertz CT molecular complexity index is 4020. The Hall–Kier alpha value is -6.99. The normalized spacial score (nSPS) is 23.9. The van der Waals surface area contributed by atoms with Crippen molar-refractivity contribution in [3.63, 3.8) is 0 Å². The minimum Gasteiger partial charge on any atom is -0.495 e. The van der Waals surface area contributed by atoms with Crippen LogP contribution in [0.15, 0.2) is 109 Å². The molecule has 25 nitrogen and oxygen atoms in total. The standard InChI is InChI=1S/C52H79ClN4O11S2.C37H46Cl2N2O8/c1-35(2)29-44-49(60)66-42(13-12-14-45(58)55-41(31-38-17-20-43(62-10)40(53)30-38)48(59)54-33-51(4,5)50(61)67-44)36(3)46-47(68-46)39-18-15-37(16-19-39)32-56(8)21-23-63-25-27-65-28-26-64-24-22-57(9)34-52(6,7)70-69-11;1-21(2)16-30-35(44)47-28(22(3)32-33(49-32)25-13-10-23(19-38)11-14-25)8-7-9-31(42)41-27(18-24-12-15-29(46-6)26(39)17-24)34(43)40-20-37(4,5)36(45)48-30/h12,14-20,30,35-36,41-42,44,46-47H,13,21-29,31-34H2,1-11H3,(H,54,59)(H,55,58);7,9-15,17,21-22,27-28,30,32-33H,8,16,18-20H2,1-6H3,(H,40,43)(H,41,42)/b14-12+;9-7+/t36-,41+,42-,44-,46+,47+;22-,27+,28-,30-,32+,33+/m00/s1. The minimum atomic E-state index is -1.23. The van der Waals surface area contributed by atoms with Crippen LogP contribution in [0, 0.1) is 34.5 Å². The predicted molar refractivity (Wildman–Crippen MR) is 464 cm³/mol. The van der Waals surface area contributed by atoms with Gasteiger partial charge >= 0.3 is 23.9 Å². The molecule has 4 aliphatic rings. The number of ether oxygens (including phenoxy) is 11. The smallest absolute Gasteiger partial charge is 0.347 e. The number of benzene rings is 4. The van der Waals surface area contributed by atoms with Crippen molar-refractivity contribution in [1.82, 2.24) is 31.1 Å². The second-order valence-electron chi connectivity index (χ2n) is 33.6. The summed E-state index contributed by atoms with van der Waals surface area (Å²) in [7, 11) is 10.9. The van der Waals surface area contributed by atoms with Gasteiger partial charge in [0.25, 0.3) is 0 Å². The number of rotatable bonds is 35. The van der Waals surface area contributed by atoms with E-state index in [4.69, 9.17) is 86.9 Å². The Kier molecular flexibility index (Phi) is 40.1. The third-order valence-electron chi connectivity index (χ3n) is 20.7. The molecular weight excluding hydrogens is 1630 g/mol. The first-order valence-corrected chi connectivity index (χ1v) is 44.6. The molecule has 4 amide bonds. The van der Waals surface area contributed by atoms with Gasteiger partial charge in [-0.3, -0.25) is 33.7 Å². The van der Waals surface area contributed by atoms with Gasteiger partial charge in [0, 0.05) is 87.4 Å². The van der Waals surface area contributed by atoms with E-state index in [1.165, 1.54) is 26.4 Å². The fourth-order valence-electron chi connectivity index (χ4n) is 13.6. The SMILES string of the molecule is COc1ccc(C[C@H]2NC(=O)/C=C/C[C@@H]([C@H](C)[C@H]3O[C@@H]3c3ccc(CCl)cc3)OC(=O)[C@H](CC(C)C)OC(=O)C(C)(C)CNC2=O)cc1Cl.COc1ccc(C[C@H]2NC(=O)/C=C/C[C@@H]([C@H](C)[C@H]3O[C@@H]3c3ccc(CN(C)CCOCCOCCOCCN(C)CC(C)(C)SSC)cc3)OC(=O)[C@H](CC(C)C)OC(=O)C(C)(C)CNC2=O)cc1Cl. The summed E-state index contributed by atoms with van der Waals surface area (Å²) in [4.78, 5) is 113. The summed E-state index contributed by atoms with van der Waals surface area (Å²) < 4.78 is 64.2. The molecule has 0 spiro atoms. The molecule has 2 saturated heterocycles. The number of hydrogen-bond acceptors (Lipinski definition) is 23. The fraction of sp³-hybridized carbons (Fsp3) is 0.596. The highest BCUT2D eigenvalue weighted by molar-refractivity contribution is 8.77. The van der Waals surface area contributed by atoms with Crippen molar-refractivity contribution < 1.29 is 90.5 Å². The molecule has 0 aromatic heterocycles. The second-order valence-corrected chi connectivity index (χ2v) is 37.8. The molecule has 0 bridgehead atoms.